The molecule has 0 aromatic heterocycles. The molecule has 0 saturated heterocycles. The molecule has 0 saturated carbocycles. The number of nitro groups is 1. The summed E-state index contributed by atoms with van der Waals surface area (Å²) in [5.74, 6) is -1.88. The van der Waals surface area contributed by atoms with Crippen molar-refractivity contribution in [3.8, 4) is 0 Å². The Morgan fingerprint density at radius 1 is 1.23 bits per heavy atom. The lowest BCUT2D eigenvalue weighted by Gasteiger charge is -2.34. The number of non-ortho nitro benzene ring substituents is 1. The summed E-state index contributed by atoms with van der Waals surface area (Å²) in [5, 5.41) is 11.1. The lowest BCUT2D eigenvalue weighted by molar-refractivity contribution is -0.384. The van der Waals surface area contributed by atoms with Crippen molar-refractivity contribution in [2.45, 2.75) is 38.8 Å². The van der Waals surface area contributed by atoms with Gasteiger partial charge in [0.2, 0.25) is 6.04 Å². The molecule has 0 fully saturated rings. The fourth-order valence-electron chi connectivity index (χ4n) is 4.12. The molecule has 0 bridgehead atoms. The maximum atomic E-state index is 13.8. The van der Waals surface area contributed by atoms with Crippen LogP contribution in [0.5, 0.6) is 0 Å². The fraction of sp³-hybridized carbons (Fsp3) is 0.318. The third-order valence-corrected chi connectivity index (χ3v) is 5.42. The quantitative estimate of drug-likeness (QED) is 0.324. The molecule has 0 aliphatic carbocycles. The van der Waals surface area contributed by atoms with Gasteiger partial charge < -0.3 is 10.5 Å². The molecule has 9 nitrogen and oxygen atoms in total. The molecule has 162 valence electrons. The number of carbonyl (C=O) groups excluding carboxylic acids is 3. The molecule has 1 aliphatic heterocycles. The van der Waals surface area contributed by atoms with Crippen LogP contribution in [0.3, 0.4) is 0 Å². The summed E-state index contributed by atoms with van der Waals surface area (Å²) in [6.07, 6.45) is -0.140. The van der Waals surface area contributed by atoms with Crippen molar-refractivity contribution < 1.29 is 24.0 Å². The first kappa shape index (κ1) is 22.3. The number of amides is 2. The van der Waals surface area contributed by atoms with Crippen molar-refractivity contribution >= 4 is 29.2 Å². The minimum absolute atomic E-state index is 0.0944. The van der Waals surface area contributed by atoms with E-state index in [1.807, 2.05) is 0 Å². The number of benzene rings is 2. The zero-order valence-electron chi connectivity index (χ0n) is 17.3. The van der Waals surface area contributed by atoms with Crippen molar-refractivity contribution in [3.05, 3.63) is 69.8 Å². The number of carbonyl (C=O) groups is 3. The average molecular weight is 426 g/mol. The highest BCUT2D eigenvalue weighted by Gasteiger charge is 2.61. The Kier molecular flexibility index (Phi) is 6.28. The minimum atomic E-state index is -1.11. The Morgan fingerprint density at radius 3 is 2.58 bits per heavy atom. The van der Waals surface area contributed by atoms with Gasteiger partial charge in [-0.2, -0.15) is 4.48 Å². The monoisotopic (exact) mass is 426 g/mol. The summed E-state index contributed by atoms with van der Waals surface area (Å²) in [5.41, 5.74) is 7.19. The number of esters is 1. The number of hydrogen-bond acceptors (Lipinski definition) is 7. The van der Waals surface area contributed by atoms with Crippen molar-refractivity contribution in [2.24, 2.45) is 5.73 Å². The number of para-hydroxylation sites is 1. The molecule has 1 heterocycles. The zero-order chi connectivity index (χ0) is 22.8. The van der Waals surface area contributed by atoms with E-state index >= 15 is 0 Å². The zero-order valence-corrected chi connectivity index (χ0v) is 17.3. The Balaban J connectivity index is 2.16. The first-order valence-corrected chi connectivity index (χ1v) is 9.94. The normalized spacial score (nSPS) is 20.5. The Morgan fingerprint density at radius 2 is 1.94 bits per heavy atom. The van der Waals surface area contributed by atoms with E-state index in [1.54, 1.807) is 37.3 Å². The molecular weight excluding hydrogens is 402 g/mol. The predicted octanol–water partition coefficient (Wildman–Crippen LogP) is 2.03. The number of rotatable bonds is 6. The molecule has 9 heteroatoms. The lowest BCUT2D eigenvalue weighted by Crippen LogP contribution is -2.69. The van der Waals surface area contributed by atoms with Crippen molar-refractivity contribution in [2.75, 3.05) is 6.61 Å². The highest BCUT2D eigenvalue weighted by molar-refractivity contribution is 6.16. The van der Waals surface area contributed by atoms with Gasteiger partial charge in [0.15, 0.2) is 5.69 Å². The number of fused-ring (bicyclic) bond motifs is 1. The molecule has 1 aliphatic rings. The first-order chi connectivity index (χ1) is 14.7. The van der Waals surface area contributed by atoms with E-state index in [-0.39, 0.29) is 25.1 Å². The summed E-state index contributed by atoms with van der Waals surface area (Å²) in [6.45, 7) is 3.20. The maximum Gasteiger partial charge on any atom is 0.366 e. The van der Waals surface area contributed by atoms with Crippen molar-refractivity contribution in [3.63, 3.8) is 0 Å². The van der Waals surface area contributed by atoms with Crippen LogP contribution in [0, 0.1) is 10.1 Å². The minimum Gasteiger partial charge on any atom is -0.462 e. The van der Waals surface area contributed by atoms with Gasteiger partial charge in [-0.15, -0.1) is 0 Å². The predicted molar refractivity (Wildman–Crippen MR) is 113 cm³/mol. The van der Waals surface area contributed by atoms with Gasteiger partial charge in [-0.1, -0.05) is 30.3 Å². The van der Waals surface area contributed by atoms with Crippen LogP contribution in [-0.2, 0) is 32.0 Å². The van der Waals surface area contributed by atoms with Crippen molar-refractivity contribution in [1.29, 1.82) is 0 Å². The molecule has 0 spiro atoms. The number of nitrogens with zero attached hydrogens (tertiary/aromatic N) is 2. The molecule has 1 unspecified atom stereocenters. The van der Waals surface area contributed by atoms with E-state index in [2.05, 4.69) is 0 Å². The smallest absolute Gasteiger partial charge is 0.366 e. The average Bonchev–Trinajstić information content (AvgIpc) is 3.09. The van der Waals surface area contributed by atoms with Crippen LogP contribution in [0.1, 0.15) is 25.0 Å². The van der Waals surface area contributed by atoms with Crippen LogP contribution < -0.4 is 10.2 Å². The molecule has 2 amide bonds. The summed E-state index contributed by atoms with van der Waals surface area (Å²) < 4.78 is 4.31. The summed E-state index contributed by atoms with van der Waals surface area (Å²) in [4.78, 5) is 50.7. The molecule has 2 aromatic rings. The topological polar surface area (TPSA) is 130 Å². The Bertz CT molecular complexity index is 1050. The lowest BCUT2D eigenvalue weighted by atomic mass is 10.0. The molecule has 2 N–H and O–H groups in total. The van der Waals surface area contributed by atoms with E-state index in [9.17, 15) is 24.5 Å². The van der Waals surface area contributed by atoms with Gasteiger partial charge in [-0.05, 0) is 19.4 Å². The second-order valence-electron chi connectivity index (χ2n) is 7.45. The van der Waals surface area contributed by atoms with Gasteiger partial charge in [0, 0.05) is 30.2 Å². The number of quaternary nitrogens is 1. The van der Waals surface area contributed by atoms with Crippen molar-refractivity contribution in [1.82, 2.24) is 4.48 Å². The summed E-state index contributed by atoms with van der Waals surface area (Å²) >= 11 is 0. The van der Waals surface area contributed by atoms with E-state index in [0.29, 0.717) is 16.8 Å². The van der Waals surface area contributed by atoms with Crippen LogP contribution in [0.25, 0.3) is 0 Å². The molecule has 31 heavy (non-hydrogen) atoms. The molecule has 2 aromatic carbocycles. The van der Waals surface area contributed by atoms with Crippen LogP contribution in [0.2, 0.25) is 0 Å². The van der Waals surface area contributed by atoms with Gasteiger partial charge in [0.05, 0.1) is 18.0 Å². The summed E-state index contributed by atoms with van der Waals surface area (Å²) in [7, 11) is 0. The molecule has 3 rings (SSSR count). The third-order valence-electron chi connectivity index (χ3n) is 5.42. The van der Waals surface area contributed by atoms with Gasteiger partial charge in [0.25, 0.3) is 5.69 Å². The van der Waals surface area contributed by atoms with Crippen LogP contribution in [0.15, 0.2) is 48.5 Å². The molecule has 3 atom stereocenters. The Labute approximate surface area is 179 Å². The molecule has 0 radical (unpaired) electrons. The third kappa shape index (κ3) is 3.85. The maximum absolute atomic E-state index is 13.8. The first-order valence-electron chi connectivity index (χ1n) is 9.94. The van der Waals surface area contributed by atoms with E-state index in [0.717, 1.165) is 0 Å². The van der Waals surface area contributed by atoms with E-state index in [1.165, 1.54) is 25.1 Å². The number of hydrogen-bond donors (Lipinski definition) is 1. The standard InChI is InChI=1S/C22H24N3O6/c1-3-31-22(28)19-13-16-8-4-5-10-18(16)25(19,21(27)14(2)23)20(26)12-15-7-6-9-17(11-15)24(29)30/h4-11,14,19H,3,12-13,23H2,1-2H3/q+1/t14-,19?,25-/m0/s1. The Hall–Kier alpha value is -3.43. The largest absolute Gasteiger partial charge is 0.462 e. The van der Waals surface area contributed by atoms with E-state index in [4.69, 9.17) is 10.5 Å². The van der Waals surface area contributed by atoms with Crippen LogP contribution in [-0.4, -0.2) is 41.4 Å². The number of ether oxygens (including phenoxy) is 1. The van der Waals surface area contributed by atoms with Gasteiger partial charge in [-0.25, -0.2) is 14.4 Å². The van der Waals surface area contributed by atoms with Gasteiger partial charge in [0.1, 0.15) is 6.04 Å². The molecular formula is C22H24N3O6+. The fourth-order valence-corrected chi connectivity index (χ4v) is 4.12. The highest BCUT2D eigenvalue weighted by atomic mass is 16.6. The van der Waals surface area contributed by atoms with Gasteiger partial charge >= 0.3 is 17.8 Å². The second-order valence-corrected chi connectivity index (χ2v) is 7.45. The second kappa shape index (κ2) is 8.75. The van der Waals surface area contributed by atoms with Crippen LogP contribution in [0.4, 0.5) is 11.4 Å². The highest BCUT2D eigenvalue weighted by Crippen LogP contribution is 2.41. The van der Waals surface area contributed by atoms with Crippen LogP contribution >= 0.6 is 0 Å². The SMILES string of the molecule is CCOC(=O)C1Cc2ccccc2[N@+]1(C(=O)Cc1cccc([N+](=O)[O-])c1)C(=O)[C@H](C)N. The van der Waals surface area contributed by atoms with E-state index < -0.39 is 39.3 Å². The number of nitro benzene ring substituents is 1. The summed E-state index contributed by atoms with van der Waals surface area (Å²) in [6, 6.07) is 10.4. The van der Waals surface area contributed by atoms with Gasteiger partial charge in [-0.3, -0.25) is 10.1 Å². The number of nitrogens with two attached hydrogens (primary N) is 1. The number of imide groups is 1.